The zero-order valence-electron chi connectivity index (χ0n) is 9.77. The van der Waals surface area contributed by atoms with Crippen molar-refractivity contribution >= 4 is 27.6 Å². The number of benzene rings is 1. The number of carbonyl (C=O) groups is 1. The average molecular weight is 309 g/mol. The average Bonchev–Trinajstić information content (AvgIpc) is 3.11. The molecule has 2 rings (SSSR count). The molecule has 0 bridgehead atoms. The van der Waals surface area contributed by atoms with E-state index in [9.17, 15) is 4.79 Å². The number of carboxylic acid groups (broad SMARTS) is 1. The van der Waals surface area contributed by atoms with Crippen LogP contribution in [0.25, 0.3) is 0 Å². The molecular weight excluding hydrogens is 296 g/mol. The van der Waals surface area contributed by atoms with Crippen molar-refractivity contribution < 1.29 is 9.90 Å². The third kappa shape index (κ3) is 3.23. The summed E-state index contributed by atoms with van der Waals surface area (Å²) in [5.74, 6) is -0.227. The minimum absolute atomic E-state index is 0.00512. The first kappa shape index (κ1) is 12.9. The summed E-state index contributed by atoms with van der Waals surface area (Å²) < 4.78 is 0.702. The summed E-state index contributed by atoms with van der Waals surface area (Å²) in [7, 11) is 0. The highest BCUT2D eigenvalue weighted by atomic mass is 79.9. The second kappa shape index (κ2) is 5.40. The number of nitrogens with zero attached hydrogens (tertiary/aromatic N) is 2. The van der Waals surface area contributed by atoms with E-state index in [-0.39, 0.29) is 6.54 Å². The molecule has 94 valence electrons. The first-order chi connectivity index (χ1) is 8.60. The van der Waals surface area contributed by atoms with Crippen molar-refractivity contribution in [3.05, 3.63) is 28.2 Å². The Bertz CT molecular complexity index is 506. The lowest BCUT2D eigenvalue weighted by Crippen LogP contribution is -2.31. The van der Waals surface area contributed by atoms with Crippen LogP contribution in [0.4, 0.5) is 5.69 Å². The Morgan fingerprint density at radius 1 is 1.56 bits per heavy atom. The van der Waals surface area contributed by atoms with Crippen molar-refractivity contribution in [1.82, 2.24) is 0 Å². The van der Waals surface area contributed by atoms with Gasteiger partial charge in [-0.25, -0.2) is 0 Å². The maximum Gasteiger partial charge on any atom is 0.323 e. The molecule has 1 aliphatic carbocycles. The molecule has 4 nitrogen and oxygen atoms in total. The lowest BCUT2D eigenvalue weighted by molar-refractivity contribution is -0.135. The van der Waals surface area contributed by atoms with E-state index in [4.69, 9.17) is 10.4 Å². The molecule has 18 heavy (non-hydrogen) atoms. The molecule has 0 heterocycles. The first-order valence-electron chi connectivity index (χ1n) is 5.76. The molecule has 5 heteroatoms. The third-order valence-corrected chi connectivity index (χ3v) is 3.60. The Morgan fingerprint density at radius 3 is 2.78 bits per heavy atom. The topological polar surface area (TPSA) is 64.3 Å². The summed E-state index contributed by atoms with van der Waals surface area (Å²) >= 11 is 3.33. The molecule has 0 unspecified atom stereocenters. The summed E-state index contributed by atoms with van der Waals surface area (Å²) in [6.07, 6.45) is 2.35. The van der Waals surface area contributed by atoms with Gasteiger partial charge in [0.1, 0.15) is 12.6 Å². The van der Waals surface area contributed by atoms with Crippen molar-refractivity contribution in [2.24, 2.45) is 5.92 Å². The van der Waals surface area contributed by atoms with Gasteiger partial charge in [0.2, 0.25) is 0 Å². The van der Waals surface area contributed by atoms with E-state index < -0.39 is 5.97 Å². The van der Waals surface area contributed by atoms with Crippen LogP contribution in [0, 0.1) is 17.2 Å². The summed E-state index contributed by atoms with van der Waals surface area (Å²) in [5, 5.41) is 17.8. The minimum atomic E-state index is -0.837. The number of nitriles is 1. The summed E-state index contributed by atoms with van der Waals surface area (Å²) in [6.45, 7) is 0.763. The van der Waals surface area contributed by atoms with Crippen molar-refractivity contribution in [1.29, 1.82) is 5.26 Å². The molecule has 1 aromatic rings. The van der Waals surface area contributed by atoms with Gasteiger partial charge in [-0.05, 0) is 52.9 Å². The third-order valence-electron chi connectivity index (χ3n) is 2.94. The zero-order chi connectivity index (χ0) is 13.1. The Hall–Kier alpha value is -1.54. The Morgan fingerprint density at radius 2 is 2.28 bits per heavy atom. The van der Waals surface area contributed by atoms with Crippen molar-refractivity contribution in [2.45, 2.75) is 12.8 Å². The monoisotopic (exact) mass is 308 g/mol. The van der Waals surface area contributed by atoms with E-state index >= 15 is 0 Å². The molecule has 1 fully saturated rings. The standard InChI is InChI=1S/C13H13BrN2O2/c14-12-5-11(4-3-10(12)6-15)16(8-13(17)18)7-9-1-2-9/h3-5,9H,1-2,7-8H2,(H,17,18). The van der Waals surface area contributed by atoms with Crippen LogP contribution in [-0.4, -0.2) is 24.2 Å². The number of anilines is 1. The molecule has 0 aromatic heterocycles. The van der Waals surface area contributed by atoms with Crippen molar-refractivity contribution in [3.8, 4) is 6.07 Å². The van der Waals surface area contributed by atoms with Gasteiger partial charge in [-0.15, -0.1) is 0 Å². The van der Waals surface area contributed by atoms with Gasteiger partial charge in [-0.3, -0.25) is 4.79 Å². The van der Waals surface area contributed by atoms with E-state index in [0.29, 0.717) is 16.0 Å². The predicted molar refractivity (Wildman–Crippen MR) is 71.4 cm³/mol. The second-order valence-corrected chi connectivity index (χ2v) is 5.35. The number of carboxylic acids is 1. The van der Waals surface area contributed by atoms with E-state index in [1.165, 1.54) is 12.8 Å². The van der Waals surface area contributed by atoms with E-state index in [2.05, 4.69) is 22.0 Å². The molecule has 0 radical (unpaired) electrons. The van der Waals surface area contributed by atoms with Gasteiger partial charge in [0.05, 0.1) is 5.56 Å². The highest BCUT2D eigenvalue weighted by molar-refractivity contribution is 9.10. The number of hydrogen-bond donors (Lipinski definition) is 1. The quantitative estimate of drug-likeness (QED) is 0.908. The summed E-state index contributed by atoms with van der Waals surface area (Å²) in [6, 6.07) is 7.39. The number of aliphatic carboxylic acids is 1. The van der Waals surface area contributed by atoms with Gasteiger partial charge >= 0.3 is 5.97 Å². The maximum absolute atomic E-state index is 10.9. The molecule has 0 amide bonds. The molecule has 1 aliphatic rings. The lowest BCUT2D eigenvalue weighted by atomic mass is 10.2. The number of hydrogen-bond acceptors (Lipinski definition) is 3. The Labute approximate surface area is 114 Å². The van der Waals surface area contributed by atoms with Gasteiger partial charge < -0.3 is 10.0 Å². The van der Waals surface area contributed by atoms with Crippen LogP contribution >= 0.6 is 15.9 Å². The van der Waals surface area contributed by atoms with Crippen LogP contribution in [0.2, 0.25) is 0 Å². The lowest BCUT2D eigenvalue weighted by Gasteiger charge is -2.23. The molecular formula is C13H13BrN2O2. The highest BCUT2D eigenvalue weighted by Gasteiger charge is 2.25. The Balaban J connectivity index is 2.20. The molecule has 0 saturated heterocycles. The molecule has 1 N–H and O–H groups in total. The Kier molecular flexibility index (Phi) is 3.87. The first-order valence-corrected chi connectivity index (χ1v) is 6.56. The van der Waals surface area contributed by atoms with Crippen molar-refractivity contribution in [3.63, 3.8) is 0 Å². The molecule has 1 aromatic carbocycles. The number of halogens is 1. The number of rotatable bonds is 5. The smallest absolute Gasteiger partial charge is 0.323 e. The van der Waals surface area contributed by atoms with Gasteiger partial charge in [0, 0.05) is 16.7 Å². The van der Waals surface area contributed by atoms with Gasteiger partial charge in [0.25, 0.3) is 0 Å². The fourth-order valence-corrected chi connectivity index (χ4v) is 2.28. The predicted octanol–water partition coefficient (Wildman–Crippen LogP) is 2.62. The van der Waals surface area contributed by atoms with Crippen LogP contribution in [0.5, 0.6) is 0 Å². The zero-order valence-corrected chi connectivity index (χ0v) is 11.4. The van der Waals surface area contributed by atoms with Gasteiger partial charge in [0.15, 0.2) is 0 Å². The largest absolute Gasteiger partial charge is 0.480 e. The summed E-state index contributed by atoms with van der Waals surface area (Å²) in [4.78, 5) is 12.7. The minimum Gasteiger partial charge on any atom is -0.480 e. The maximum atomic E-state index is 10.9. The molecule has 0 atom stereocenters. The van der Waals surface area contributed by atoms with Crippen LogP contribution in [0.1, 0.15) is 18.4 Å². The normalized spacial score (nSPS) is 14.0. The van der Waals surface area contributed by atoms with Crippen LogP contribution in [0.15, 0.2) is 22.7 Å². The van der Waals surface area contributed by atoms with Crippen molar-refractivity contribution in [2.75, 3.05) is 18.0 Å². The molecule has 0 aliphatic heterocycles. The fourth-order valence-electron chi connectivity index (χ4n) is 1.83. The summed E-state index contributed by atoms with van der Waals surface area (Å²) in [5.41, 5.74) is 1.40. The van der Waals surface area contributed by atoms with Crippen LogP contribution in [-0.2, 0) is 4.79 Å². The van der Waals surface area contributed by atoms with E-state index in [1.807, 2.05) is 11.0 Å². The fraction of sp³-hybridized carbons (Fsp3) is 0.385. The van der Waals surface area contributed by atoms with Gasteiger partial charge in [-0.1, -0.05) is 0 Å². The SMILES string of the molecule is N#Cc1ccc(N(CC(=O)O)CC2CC2)cc1Br. The molecule has 0 spiro atoms. The molecule has 1 saturated carbocycles. The van der Waals surface area contributed by atoms with Crippen LogP contribution in [0.3, 0.4) is 0 Å². The highest BCUT2D eigenvalue weighted by Crippen LogP contribution is 2.32. The van der Waals surface area contributed by atoms with E-state index in [1.54, 1.807) is 12.1 Å². The van der Waals surface area contributed by atoms with Gasteiger partial charge in [-0.2, -0.15) is 5.26 Å². The van der Waals surface area contributed by atoms with E-state index in [0.717, 1.165) is 12.2 Å². The van der Waals surface area contributed by atoms with Crippen LogP contribution < -0.4 is 4.90 Å². The second-order valence-electron chi connectivity index (χ2n) is 4.49.